The first-order chi connectivity index (χ1) is 7.31. The van der Waals surface area contributed by atoms with E-state index >= 15 is 0 Å². The Morgan fingerprint density at radius 2 is 1.80 bits per heavy atom. The Hall–Kier alpha value is -1.09. The molecule has 0 spiro atoms. The molecule has 1 heterocycles. The molecule has 1 aliphatic heterocycles. The predicted molar refractivity (Wildman–Crippen MR) is 60.8 cm³/mol. The zero-order valence-corrected chi connectivity index (χ0v) is 8.82. The highest BCUT2D eigenvalue weighted by Gasteiger charge is 2.13. The number of nitrogens with two attached hydrogens (primary N) is 1. The van der Waals surface area contributed by atoms with E-state index in [-0.39, 0.29) is 6.54 Å². The summed E-state index contributed by atoms with van der Waals surface area (Å²) in [5, 5.41) is 0. The van der Waals surface area contributed by atoms with Crippen molar-refractivity contribution in [3.8, 4) is 0 Å². The molecule has 1 aromatic rings. The van der Waals surface area contributed by atoms with Gasteiger partial charge in [-0.2, -0.15) is 0 Å². The summed E-state index contributed by atoms with van der Waals surface area (Å²) in [6.07, 6.45) is 1.49. The van der Waals surface area contributed by atoms with E-state index in [0.717, 1.165) is 13.1 Å². The minimum atomic E-state index is -1.03. The molecular weight excluding hydrogens is 191 g/mol. The molecule has 0 aromatic heterocycles. The molecule has 2 N–H and O–H groups in total. The van der Waals surface area contributed by atoms with Gasteiger partial charge in [0.1, 0.15) is 6.17 Å². The molecular formula is C12H17FN2. The highest BCUT2D eigenvalue weighted by atomic mass is 19.1. The lowest BCUT2D eigenvalue weighted by molar-refractivity contribution is 0.353. The van der Waals surface area contributed by atoms with Crippen molar-refractivity contribution in [2.75, 3.05) is 24.5 Å². The second-order valence-corrected chi connectivity index (χ2v) is 3.99. The van der Waals surface area contributed by atoms with Gasteiger partial charge in [0, 0.05) is 25.3 Å². The summed E-state index contributed by atoms with van der Waals surface area (Å²) in [4.78, 5) is 2.33. The van der Waals surface area contributed by atoms with Crippen LogP contribution in [0, 0.1) is 0 Å². The fourth-order valence-electron chi connectivity index (χ4n) is 2.01. The normalized spacial score (nSPS) is 18.1. The lowest BCUT2D eigenvalue weighted by Gasteiger charge is -2.18. The molecule has 82 valence electrons. The van der Waals surface area contributed by atoms with Crippen LogP contribution in [0.1, 0.15) is 24.6 Å². The Balaban J connectivity index is 2.09. The number of hydrogen-bond acceptors (Lipinski definition) is 2. The number of benzene rings is 1. The van der Waals surface area contributed by atoms with Crippen LogP contribution in [-0.2, 0) is 0 Å². The van der Waals surface area contributed by atoms with E-state index in [2.05, 4.69) is 4.90 Å². The van der Waals surface area contributed by atoms with Crippen LogP contribution >= 0.6 is 0 Å². The molecule has 2 rings (SSSR count). The second-order valence-electron chi connectivity index (χ2n) is 3.99. The summed E-state index contributed by atoms with van der Waals surface area (Å²) >= 11 is 0. The van der Waals surface area contributed by atoms with Crippen molar-refractivity contribution in [2.24, 2.45) is 5.73 Å². The number of halogens is 1. The maximum atomic E-state index is 13.2. The topological polar surface area (TPSA) is 29.3 Å². The molecule has 3 heteroatoms. The third-order valence-corrected chi connectivity index (χ3v) is 2.93. The quantitative estimate of drug-likeness (QED) is 0.825. The summed E-state index contributed by atoms with van der Waals surface area (Å²) in [6, 6.07) is 7.65. The number of alkyl halides is 1. The Bertz CT molecular complexity index is 304. The molecule has 0 saturated carbocycles. The highest BCUT2D eigenvalue weighted by molar-refractivity contribution is 5.48. The Morgan fingerprint density at radius 1 is 1.20 bits per heavy atom. The molecule has 1 fully saturated rings. The van der Waals surface area contributed by atoms with E-state index in [1.807, 2.05) is 24.3 Å². The van der Waals surface area contributed by atoms with Crippen molar-refractivity contribution in [3.63, 3.8) is 0 Å². The first-order valence-corrected chi connectivity index (χ1v) is 5.50. The highest BCUT2D eigenvalue weighted by Crippen LogP contribution is 2.23. The van der Waals surface area contributed by atoms with Crippen molar-refractivity contribution >= 4 is 5.69 Å². The standard InChI is InChI=1S/C12H17FN2/c13-12(9-14)10-3-5-11(6-4-10)15-7-1-2-8-15/h3-6,12H,1-2,7-9,14H2. The lowest BCUT2D eigenvalue weighted by atomic mass is 10.1. The summed E-state index contributed by atoms with van der Waals surface area (Å²) < 4.78 is 13.2. The van der Waals surface area contributed by atoms with Crippen LogP contribution < -0.4 is 10.6 Å². The molecule has 1 unspecified atom stereocenters. The smallest absolute Gasteiger partial charge is 0.137 e. The van der Waals surface area contributed by atoms with Gasteiger partial charge in [0.05, 0.1) is 0 Å². The average molecular weight is 208 g/mol. The van der Waals surface area contributed by atoms with Gasteiger partial charge < -0.3 is 10.6 Å². The zero-order chi connectivity index (χ0) is 10.7. The summed E-state index contributed by atoms with van der Waals surface area (Å²) in [7, 11) is 0. The molecule has 1 aliphatic rings. The molecule has 0 bridgehead atoms. The first kappa shape index (κ1) is 10.4. The third kappa shape index (κ3) is 2.29. The average Bonchev–Trinajstić information content (AvgIpc) is 2.82. The Morgan fingerprint density at radius 3 is 2.33 bits per heavy atom. The van der Waals surface area contributed by atoms with E-state index in [1.54, 1.807) is 0 Å². The minimum absolute atomic E-state index is 0.0586. The van der Waals surface area contributed by atoms with E-state index in [4.69, 9.17) is 5.73 Å². The van der Waals surface area contributed by atoms with Crippen molar-refractivity contribution in [1.29, 1.82) is 0 Å². The van der Waals surface area contributed by atoms with E-state index < -0.39 is 6.17 Å². The van der Waals surface area contributed by atoms with Gasteiger partial charge >= 0.3 is 0 Å². The van der Waals surface area contributed by atoms with E-state index in [1.165, 1.54) is 18.5 Å². The monoisotopic (exact) mass is 208 g/mol. The molecule has 2 nitrogen and oxygen atoms in total. The fourth-order valence-corrected chi connectivity index (χ4v) is 2.01. The molecule has 1 saturated heterocycles. The fraction of sp³-hybridized carbons (Fsp3) is 0.500. The first-order valence-electron chi connectivity index (χ1n) is 5.50. The largest absolute Gasteiger partial charge is 0.372 e. The predicted octanol–water partition coefficient (Wildman–Crippen LogP) is 2.26. The number of nitrogens with zero attached hydrogens (tertiary/aromatic N) is 1. The van der Waals surface area contributed by atoms with Crippen LogP contribution in [-0.4, -0.2) is 19.6 Å². The van der Waals surface area contributed by atoms with Crippen LogP contribution in [0.25, 0.3) is 0 Å². The Kier molecular flexibility index (Phi) is 3.21. The summed E-state index contributed by atoms with van der Waals surface area (Å²) in [5.41, 5.74) is 7.15. The number of anilines is 1. The van der Waals surface area contributed by atoms with E-state index in [0.29, 0.717) is 5.56 Å². The molecule has 1 atom stereocenters. The van der Waals surface area contributed by atoms with Crippen molar-refractivity contribution < 1.29 is 4.39 Å². The van der Waals surface area contributed by atoms with Gasteiger partial charge in [0.2, 0.25) is 0 Å². The molecule has 1 aromatic carbocycles. The number of hydrogen-bond donors (Lipinski definition) is 1. The van der Waals surface area contributed by atoms with Crippen molar-refractivity contribution in [3.05, 3.63) is 29.8 Å². The molecule has 15 heavy (non-hydrogen) atoms. The van der Waals surface area contributed by atoms with Gasteiger partial charge in [-0.3, -0.25) is 0 Å². The van der Waals surface area contributed by atoms with Gasteiger partial charge in [-0.1, -0.05) is 12.1 Å². The van der Waals surface area contributed by atoms with Gasteiger partial charge in [-0.25, -0.2) is 4.39 Å². The van der Waals surface area contributed by atoms with Gasteiger partial charge in [-0.05, 0) is 30.5 Å². The van der Waals surface area contributed by atoms with Crippen LogP contribution in [0.3, 0.4) is 0 Å². The SMILES string of the molecule is NCC(F)c1ccc(N2CCCC2)cc1. The van der Waals surface area contributed by atoms with Crippen LogP contribution in [0.2, 0.25) is 0 Å². The lowest BCUT2D eigenvalue weighted by Crippen LogP contribution is -2.17. The maximum absolute atomic E-state index is 13.2. The Labute approximate surface area is 89.9 Å². The molecule has 0 amide bonds. The van der Waals surface area contributed by atoms with Crippen LogP contribution in [0.15, 0.2) is 24.3 Å². The van der Waals surface area contributed by atoms with Crippen LogP contribution in [0.4, 0.5) is 10.1 Å². The van der Waals surface area contributed by atoms with Gasteiger partial charge in [-0.15, -0.1) is 0 Å². The van der Waals surface area contributed by atoms with Gasteiger partial charge in [0.25, 0.3) is 0 Å². The number of rotatable bonds is 3. The molecule has 0 radical (unpaired) electrons. The van der Waals surface area contributed by atoms with Crippen molar-refractivity contribution in [2.45, 2.75) is 19.0 Å². The maximum Gasteiger partial charge on any atom is 0.137 e. The minimum Gasteiger partial charge on any atom is -0.372 e. The van der Waals surface area contributed by atoms with Crippen molar-refractivity contribution in [1.82, 2.24) is 0 Å². The summed E-state index contributed by atoms with van der Waals surface area (Å²) in [5.74, 6) is 0. The van der Waals surface area contributed by atoms with Crippen LogP contribution in [0.5, 0.6) is 0 Å². The molecule has 0 aliphatic carbocycles. The van der Waals surface area contributed by atoms with Gasteiger partial charge in [0.15, 0.2) is 0 Å². The second kappa shape index (κ2) is 4.62. The zero-order valence-electron chi connectivity index (χ0n) is 8.82. The summed E-state index contributed by atoms with van der Waals surface area (Å²) in [6.45, 7) is 2.30. The third-order valence-electron chi connectivity index (χ3n) is 2.93. The van der Waals surface area contributed by atoms with E-state index in [9.17, 15) is 4.39 Å².